The normalized spacial score (nSPS) is 9.31. The van der Waals surface area contributed by atoms with Crippen molar-refractivity contribution in [1.82, 2.24) is 0 Å². The summed E-state index contributed by atoms with van der Waals surface area (Å²) in [6, 6.07) is 0. The first-order chi connectivity index (χ1) is 7.85. The average molecular weight is 226 g/mol. The summed E-state index contributed by atoms with van der Waals surface area (Å²) >= 11 is 0. The Labute approximate surface area is 98.3 Å². The molecule has 0 aliphatic rings. The minimum atomic E-state index is 0.120. The Hall–Kier alpha value is -1.24. The Morgan fingerprint density at radius 2 is 1.50 bits per heavy atom. The third-order valence-electron chi connectivity index (χ3n) is 2.09. The van der Waals surface area contributed by atoms with Gasteiger partial charge in [-0.1, -0.05) is 39.5 Å². The summed E-state index contributed by atoms with van der Waals surface area (Å²) in [5, 5.41) is 8.44. The highest BCUT2D eigenvalue weighted by Gasteiger charge is 2.01. The molecular weight excluding hydrogens is 204 g/mol. The van der Waals surface area contributed by atoms with E-state index in [4.69, 9.17) is 14.7 Å². The number of ether oxygens (including phenoxy) is 2. The smallest absolute Gasteiger partial charge is 0.399 e. The molecule has 4 heteroatoms. The van der Waals surface area contributed by atoms with Gasteiger partial charge in [-0.05, 0) is 12.8 Å². The van der Waals surface area contributed by atoms with Gasteiger partial charge in [0.05, 0.1) is 13.2 Å². The summed E-state index contributed by atoms with van der Waals surface area (Å²) < 4.78 is 10.5. The van der Waals surface area contributed by atoms with E-state index in [9.17, 15) is 0 Å². The second-order valence-corrected chi connectivity index (χ2v) is 3.59. The van der Waals surface area contributed by atoms with Crippen LogP contribution < -0.4 is 0 Å². The SMILES string of the molecule is CCCCCOC(=NC#N)OCCCCC. The van der Waals surface area contributed by atoms with Crippen LogP contribution in [0.1, 0.15) is 52.4 Å². The number of hydrogen-bond donors (Lipinski definition) is 0. The van der Waals surface area contributed by atoms with Gasteiger partial charge in [0.25, 0.3) is 0 Å². The van der Waals surface area contributed by atoms with Crippen LogP contribution in [0.5, 0.6) is 0 Å². The number of nitrogens with zero attached hydrogens (tertiary/aromatic N) is 2. The summed E-state index contributed by atoms with van der Waals surface area (Å²) in [6.45, 7) is 5.40. The van der Waals surface area contributed by atoms with Gasteiger partial charge in [-0.15, -0.1) is 4.99 Å². The van der Waals surface area contributed by atoms with E-state index < -0.39 is 0 Å². The fourth-order valence-electron chi connectivity index (χ4n) is 1.17. The molecule has 0 aromatic heterocycles. The molecule has 0 radical (unpaired) electrons. The van der Waals surface area contributed by atoms with E-state index in [0.717, 1.165) is 38.5 Å². The summed E-state index contributed by atoms with van der Waals surface area (Å²) in [5.41, 5.74) is 0. The zero-order chi connectivity index (χ0) is 12.1. The van der Waals surface area contributed by atoms with Crippen LogP contribution in [-0.2, 0) is 9.47 Å². The first-order valence-electron chi connectivity index (χ1n) is 6.07. The van der Waals surface area contributed by atoms with Crippen LogP contribution in [0, 0.1) is 11.5 Å². The molecule has 0 heterocycles. The maximum Gasteiger partial charge on any atom is 0.399 e. The third-order valence-corrected chi connectivity index (χ3v) is 2.09. The predicted molar refractivity (Wildman–Crippen MR) is 64.0 cm³/mol. The molecule has 0 saturated heterocycles. The lowest BCUT2D eigenvalue weighted by Crippen LogP contribution is -2.11. The van der Waals surface area contributed by atoms with Crippen molar-refractivity contribution in [3.63, 3.8) is 0 Å². The number of rotatable bonds is 8. The molecule has 92 valence electrons. The molecule has 0 aliphatic heterocycles. The zero-order valence-corrected chi connectivity index (χ0v) is 10.4. The summed E-state index contributed by atoms with van der Waals surface area (Å²) in [5.74, 6) is 0. The Bertz CT molecular complexity index is 208. The molecule has 0 aliphatic carbocycles. The maximum absolute atomic E-state index is 8.44. The van der Waals surface area contributed by atoms with Gasteiger partial charge in [-0.25, -0.2) is 0 Å². The fourth-order valence-corrected chi connectivity index (χ4v) is 1.17. The number of aliphatic imine (C=N–C) groups is 1. The van der Waals surface area contributed by atoms with Crippen LogP contribution >= 0.6 is 0 Å². The van der Waals surface area contributed by atoms with Crippen LogP contribution in [0.25, 0.3) is 0 Å². The third kappa shape index (κ3) is 9.32. The molecule has 4 nitrogen and oxygen atoms in total. The minimum absolute atomic E-state index is 0.120. The summed E-state index contributed by atoms with van der Waals surface area (Å²) in [4.78, 5) is 3.50. The van der Waals surface area contributed by atoms with Crippen molar-refractivity contribution in [3.8, 4) is 6.19 Å². The van der Waals surface area contributed by atoms with Crippen molar-refractivity contribution in [2.45, 2.75) is 52.4 Å². The van der Waals surface area contributed by atoms with Crippen molar-refractivity contribution in [2.24, 2.45) is 4.99 Å². The van der Waals surface area contributed by atoms with Crippen molar-refractivity contribution in [2.75, 3.05) is 13.2 Å². The monoisotopic (exact) mass is 226 g/mol. The lowest BCUT2D eigenvalue weighted by molar-refractivity contribution is 0.160. The average Bonchev–Trinajstić information content (AvgIpc) is 2.30. The molecule has 0 spiro atoms. The molecule has 0 rings (SSSR count). The van der Waals surface area contributed by atoms with E-state index in [2.05, 4.69) is 18.8 Å². The summed E-state index contributed by atoms with van der Waals surface area (Å²) in [7, 11) is 0. The van der Waals surface area contributed by atoms with E-state index in [0.29, 0.717) is 13.2 Å². The first kappa shape index (κ1) is 14.8. The van der Waals surface area contributed by atoms with E-state index in [1.807, 2.05) is 0 Å². The molecule has 0 saturated carbocycles. The van der Waals surface area contributed by atoms with Gasteiger partial charge in [-0.3, -0.25) is 0 Å². The second kappa shape index (κ2) is 11.8. The molecule has 0 bridgehead atoms. The Kier molecular flexibility index (Phi) is 10.9. The Balaban J connectivity index is 3.64. The number of hydrogen-bond acceptors (Lipinski definition) is 4. The highest BCUT2D eigenvalue weighted by atomic mass is 16.7. The van der Waals surface area contributed by atoms with Crippen molar-refractivity contribution >= 4 is 6.08 Å². The van der Waals surface area contributed by atoms with E-state index in [1.165, 1.54) is 0 Å². The molecule has 16 heavy (non-hydrogen) atoms. The molecular formula is C12H22N2O2. The molecule has 0 amide bonds. The lowest BCUT2D eigenvalue weighted by atomic mass is 10.3. The van der Waals surface area contributed by atoms with E-state index in [1.54, 1.807) is 6.19 Å². The van der Waals surface area contributed by atoms with Gasteiger partial charge in [0.2, 0.25) is 6.19 Å². The van der Waals surface area contributed by atoms with E-state index >= 15 is 0 Å². The number of nitriles is 1. The minimum Gasteiger partial charge on any atom is -0.450 e. The maximum atomic E-state index is 8.44. The van der Waals surface area contributed by atoms with Crippen molar-refractivity contribution < 1.29 is 9.47 Å². The summed E-state index contributed by atoms with van der Waals surface area (Å²) in [6.07, 6.45) is 8.28. The van der Waals surface area contributed by atoms with Gasteiger partial charge in [0.15, 0.2) is 0 Å². The standard InChI is InChI=1S/C12H22N2O2/c1-3-5-7-9-15-12(14-11-13)16-10-8-6-4-2/h3-10H2,1-2H3. The number of unbranched alkanes of at least 4 members (excludes halogenated alkanes) is 4. The molecule has 0 unspecified atom stereocenters. The van der Waals surface area contributed by atoms with Gasteiger partial charge in [-0.2, -0.15) is 5.26 Å². The molecule has 0 atom stereocenters. The van der Waals surface area contributed by atoms with E-state index in [-0.39, 0.29) is 6.08 Å². The van der Waals surface area contributed by atoms with Crippen LogP contribution in [0.2, 0.25) is 0 Å². The van der Waals surface area contributed by atoms with Crippen molar-refractivity contribution in [3.05, 3.63) is 0 Å². The highest BCUT2D eigenvalue weighted by Crippen LogP contribution is 1.99. The largest absolute Gasteiger partial charge is 0.450 e. The van der Waals surface area contributed by atoms with Crippen molar-refractivity contribution in [1.29, 1.82) is 5.26 Å². The predicted octanol–water partition coefficient (Wildman–Crippen LogP) is 3.24. The van der Waals surface area contributed by atoms with Gasteiger partial charge in [0, 0.05) is 0 Å². The highest BCUT2D eigenvalue weighted by molar-refractivity contribution is 5.67. The van der Waals surface area contributed by atoms with Crippen LogP contribution in [0.4, 0.5) is 0 Å². The first-order valence-corrected chi connectivity index (χ1v) is 6.07. The van der Waals surface area contributed by atoms with Crippen LogP contribution in [0.15, 0.2) is 4.99 Å². The molecule has 0 aromatic rings. The topological polar surface area (TPSA) is 54.6 Å². The Morgan fingerprint density at radius 1 is 1.00 bits per heavy atom. The van der Waals surface area contributed by atoms with Crippen LogP contribution in [0.3, 0.4) is 0 Å². The molecule has 0 N–H and O–H groups in total. The lowest BCUT2D eigenvalue weighted by Gasteiger charge is -2.08. The molecule has 0 aromatic carbocycles. The van der Waals surface area contributed by atoms with Gasteiger partial charge >= 0.3 is 6.08 Å². The zero-order valence-electron chi connectivity index (χ0n) is 10.4. The Morgan fingerprint density at radius 3 is 1.88 bits per heavy atom. The van der Waals surface area contributed by atoms with Gasteiger partial charge in [0.1, 0.15) is 0 Å². The molecule has 0 fully saturated rings. The fraction of sp³-hybridized carbons (Fsp3) is 0.833. The van der Waals surface area contributed by atoms with Gasteiger partial charge < -0.3 is 9.47 Å². The second-order valence-electron chi connectivity index (χ2n) is 3.59. The quantitative estimate of drug-likeness (QED) is 0.276. The van der Waals surface area contributed by atoms with Crippen LogP contribution in [-0.4, -0.2) is 19.3 Å².